The molecule has 2 nitrogen and oxygen atoms in total. The van der Waals surface area contributed by atoms with Gasteiger partial charge in [-0.3, -0.25) is 0 Å². The summed E-state index contributed by atoms with van der Waals surface area (Å²) in [6.07, 6.45) is 2.69. The van der Waals surface area contributed by atoms with E-state index in [1.807, 2.05) is 32.3 Å². The van der Waals surface area contributed by atoms with Crippen molar-refractivity contribution in [1.82, 2.24) is 4.98 Å². The number of nitrogens with zero attached hydrogens (tertiary/aromatic N) is 2. The number of benzene rings is 1. The van der Waals surface area contributed by atoms with Gasteiger partial charge in [-0.2, -0.15) is 0 Å². The first kappa shape index (κ1) is 15.0. The van der Waals surface area contributed by atoms with Crippen molar-refractivity contribution in [3.63, 3.8) is 0 Å². The van der Waals surface area contributed by atoms with Gasteiger partial charge in [0.1, 0.15) is 11.6 Å². The third kappa shape index (κ3) is 3.57. The maximum Gasteiger partial charge on any atom is 0.128 e. The first-order chi connectivity index (χ1) is 9.47. The number of halogens is 2. The Hall–Kier alpha value is -1.42. The quantitative estimate of drug-likeness (QED) is 0.828. The molecule has 0 fully saturated rings. The Balaban J connectivity index is 2.02. The lowest BCUT2D eigenvalue weighted by molar-refractivity contribution is 0.617. The van der Waals surface area contributed by atoms with Crippen LogP contribution in [0.2, 0.25) is 0 Å². The van der Waals surface area contributed by atoms with E-state index in [4.69, 9.17) is 0 Å². The standard InChI is InChI=1S/C16H18BrFN2/c1-11-9-16(19-10-14(11)17)20(3)7-6-13-4-5-15(18)12(2)8-13/h4-5,8-10H,6-7H2,1-3H3. The maximum atomic E-state index is 13.2. The van der Waals surface area contributed by atoms with Crippen molar-refractivity contribution < 1.29 is 4.39 Å². The molecule has 0 saturated carbocycles. The van der Waals surface area contributed by atoms with Crippen LogP contribution in [0.15, 0.2) is 34.9 Å². The smallest absolute Gasteiger partial charge is 0.128 e. The number of anilines is 1. The van der Waals surface area contributed by atoms with Gasteiger partial charge in [-0.15, -0.1) is 0 Å². The van der Waals surface area contributed by atoms with Crippen LogP contribution in [0.5, 0.6) is 0 Å². The molecule has 0 saturated heterocycles. The van der Waals surface area contributed by atoms with Crippen LogP contribution in [-0.4, -0.2) is 18.6 Å². The van der Waals surface area contributed by atoms with E-state index in [-0.39, 0.29) is 5.82 Å². The molecule has 0 atom stereocenters. The van der Waals surface area contributed by atoms with Gasteiger partial charge >= 0.3 is 0 Å². The van der Waals surface area contributed by atoms with Crippen LogP contribution < -0.4 is 4.90 Å². The number of rotatable bonds is 4. The molecule has 1 aromatic carbocycles. The fraction of sp³-hybridized carbons (Fsp3) is 0.312. The van der Waals surface area contributed by atoms with Crippen LogP contribution in [0.1, 0.15) is 16.7 Å². The highest BCUT2D eigenvalue weighted by Gasteiger charge is 2.06. The van der Waals surface area contributed by atoms with Crippen molar-refractivity contribution in [2.24, 2.45) is 0 Å². The van der Waals surface area contributed by atoms with Gasteiger partial charge in [0.2, 0.25) is 0 Å². The Bertz CT molecular complexity index is 613. The van der Waals surface area contributed by atoms with Crippen LogP contribution >= 0.6 is 15.9 Å². The zero-order chi connectivity index (χ0) is 14.7. The second-order valence-electron chi connectivity index (χ2n) is 5.05. The van der Waals surface area contributed by atoms with Gasteiger partial charge in [0.05, 0.1) is 0 Å². The molecule has 4 heteroatoms. The summed E-state index contributed by atoms with van der Waals surface area (Å²) < 4.78 is 14.2. The van der Waals surface area contributed by atoms with Crippen LogP contribution in [-0.2, 0) is 6.42 Å². The average molecular weight is 337 g/mol. The maximum absolute atomic E-state index is 13.2. The van der Waals surface area contributed by atoms with E-state index in [1.165, 1.54) is 11.6 Å². The van der Waals surface area contributed by atoms with Crippen molar-refractivity contribution in [3.05, 3.63) is 57.4 Å². The highest BCUT2D eigenvalue weighted by Crippen LogP contribution is 2.19. The van der Waals surface area contributed by atoms with Gasteiger partial charge < -0.3 is 4.90 Å². The summed E-state index contributed by atoms with van der Waals surface area (Å²) >= 11 is 3.45. The molecule has 0 N–H and O–H groups in total. The zero-order valence-electron chi connectivity index (χ0n) is 12.0. The summed E-state index contributed by atoms with van der Waals surface area (Å²) in [6, 6.07) is 7.34. The lowest BCUT2D eigenvalue weighted by atomic mass is 10.1. The Labute approximate surface area is 127 Å². The zero-order valence-corrected chi connectivity index (χ0v) is 13.5. The molecule has 0 unspecified atom stereocenters. The monoisotopic (exact) mass is 336 g/mol. The number of aryl methyl sites for hydroxylation is 2. The molecule has 0 radical (unpaired) electrons. The summed E-state index contributed by atoms with van der Waals surface area (Å²) in [6.45, 7) is 4.69. The van der Waals surface area contributed by atoms with E-state index < -0.39 is 0 Å². The summed E-state index contributed by atoms with van der Waals surface area (Å²) in [5, 5.41) is 0. The Morgan fingerprint density at radius 2 is 1.95 bits per heavy atom. The van der Waals surface area contributed by atoms with Crippen molar-refractivity contribution in [3.8, 4) is 0 Å². The Kier molecular flexibility index (Phi) is 4.76. The Morgan fingerprint density at radius 3 is 2.60 bits per heavy atom. The minimum atomic E-state index is -0.146. The summed E-state index contributed by atoms with van der Waals surface area (Å²) in [5.74, 6) is 0.803. The second kappa shape index (κ2) is 6.35. The van der Waals surface area contributed by atoms with Crippen LogP contribution in [0.25, 0.3) is 0 Å². The molecular formula is C16H18BrFN2. The third-order valence-corrected chi connectivity index (χ3v) is 4.21. The molecule has 0 amide bonds. The predicted molar refractivity (Wildman–Crippen MR) is 84.8 cm³/mol. The van der Waals surface area contributed by atoms with Crippen LogP contribution in [0, 0.1) is 19.7 Å². The van der Waals surface area contributed by atoms with E-state index in [0.717, 1.165) is 28.8 Å². The van der Waals surface area contributed by atoms with Gasteiger partial charge in [-0.1, -0.05) is 12.1 Å². The molecule has 0 bridgehead atoms. The van der Waals surface area contributed by atoms with Crippen molar-refractivity contribution in [2.45, 2.75) is 20.3 Å². The first-order valence-electron chi connectivity index (χ1n) is 6.55. The van der Waals surface area contributed by atoms with Crippen LogP contribution in [0.3, 0.4) is 0 Å². The predicted octanol–water partition coefficient (Wildman–Crippen LogP) is 4.28. The average Bonchev–Trinajstić information content (AvgIpc) is 2.43. The molecule has 0 aliphatic rings. The summed E-state index contributed by atoms with van der Waals surface area (Å²) in [5.41, 5.74) is 3.01. The van der Waals surface area contributed by atoms with Crippen molar-refractivity contribution >= 4 is 21.7 Å². The highest BCUT2D eigenvalue weighted by atomic mass is 79.9. The fourth-order valence-electron chi connectivity index (χ4n) is 2.01. The van der Waals surface area contributed by atoms with E-state index in [1.54, 1.807) is 6.92 Å². The molecule has 1 aromatic heterocycles. The Morgan fingerprint density at radius 1 is 1.20 bits per heavy atom. The molecule has 0 aliphatic carbocycles. The second-order valence-corrected chi connectivity index (χ2v) is 5.90. The summed E-state index contributed by atoms with van der Waals surface area (Å²) in [7, 11) is 2.02. The number of aromatic nitrogens is 1. The van der Waals surface area contributed by atoms with E-state index in [0.29, 0.717) is 5.56 Å². The number of likely N-dealkylation sites (N-methyl/N-ethyl adjacent to an activating group) is 1. The molecule has 2 rings (SSSR count). The third-order valence-electron chi connectivity index (χ3n) is 3.38. The number of pyridine rings is 1. The van der Waals surface area contributed by atoms with Gasteiger partial charge in [0.15, 0.2) is 0 Å². The molecule has 20 heavy (non-hydrogen) atoms. The molecule has 0 spiro atoms. The van der Waals surface area contributed by atoms with E-state index >= 15 is 0 Å². The fourth-order valence-corrected chi connectivity index (χ4v) is 2.22. The van der Waals surface area contributed by atoms with Crippen LogP contribution in [0.4, 0.5) is 10.2 Å². The van der Waals surface area contributed by atoms with E-state index in [2.05, 4.69) is 31.9 Å². The lowest BCUT2D eigenvalue weighted by Gasteiger charge is -2.19. The van der Waals surface area contributed by atoms with Gasteiger partial charge in [0.25, 0.3) is 0 Å². The molecular weight excluding hydrogens is 319 g/mol. The van der Waals surface area contributed by atoms with Crippen molar-refractivity contribution in [1.29, 1.82) is 0 Å². The normalized spacial score (nSPS) is 10.7. The number of hydrogen-bond donors (Lipinski definition) is 0. The van der Waals surface area contributed by atoms with E-state index in [9.17, 15) is 4.39 Å². The lowest BCUT2D eigenvalue weighted by Crippen LogP contribution is -2.21. The molecule has 1 heterocycles. The molecule has 0 aliphatic heterocycles. The highest BCUT2D eigenvalue weighted by molar-refractivity contribution is 9.10. The largest absolute Gasteiger partial charge is 0.359 e. The summed E-state index contributed by atoms with van der Waals surface area (Å²) in [4.78, 5) is 6.51. The minimum Gasteiger partial charge on any atom is -0.359 e. The SMILES string of the molecule is Cc1cc(CCN(C)c2cc(C)c(Br)cn2)ccc1F. The van der Waals surface area contributed by atoms with Crippen molar-refractivity contribution in [2.75, 3.05) is 18.5 Å². The number of hydrogen-bond acceptors (Lipinski definition) is 2. The minimum absolute atomic E-state index is 0.146. The van der Waals surface area contributed by atoms with Gasteiger partial charge in [0, 0.05) is 24.3 Å². The topological polar surface area (TPSA) is 16.1 Å². The van der Waals surface area contributed by atoms with Gasteiger partial charge in [-0.05, 0) is 65.0 Å². The van der Waals surface area contributed by atoms with Gasteiger partial charge in [-0.25, -0.2) is 9.37 Å². The first-order valence-corrected chi connectivity index (χ1v) is 7.35. The molecule has 2 aromatic rings. The molecule has 106 valence electrons.